The summed E-state index contributed by atoms with van der Waals surface area (Å²) in [6, 6.07) is 18.1. The molecular weight excluding hydrogens is 342 g/mol. The third-order valence-corrected chi connectivity index (χ3v) is 4.07. The third kappa shape index (κ3) is 4.14. The van der Waals surface area contributed by atoms with Gasteiger partial charge in [0, 0.05) is 23.9 Å². The number of rotatable bonds is 7. The molecule has 0 unspecified atom stereocenters. The number of aromatic nitrogens is 4. The lowest BCUT2D eigenvalue weighted by Gasteiger charge is -2.01. The van der Waals surface area contributed by atoms with E-state index in [-0.39, 0.29) is 0 Å². The van der Waals surface area contributed by atoms with Gasteiger partial charge in [0.15, 0.2) is 0 Å². The summed E-state index contributed by atoms with van der Waals surface area (Å²) >= 11 is 0. The number of nitrogens with one attached hydrogen (secondary N) is 1. The van der Waals surface area contributed by atoms with Gasteiger partial charge in [-0.05, 0) is 17.7 Å². The Morgan fingerprint density at radius 1 is 1.07 bits per heavy atom. The molecule has 0 bridgehead atoms. The van der Waals surface area contributed by atoms with Crippen LogP contribution < -0.4 is 10.1 Å². The maximum absolute atomic E-state index is 5.28. The standard InChI is InChI=1S/C20H19N5O2/c1-26-18-9-5-8-17(10-18)19-23-20(27-24-19)21-11-16-12-22-25(14-16)13-15-6-3-2-4-7-15/h2-10,12,14H,11,13H2,1H3,(H,21,23,24). The average Bonchev–Trinajstić information content (AvgIpc) is 3.37. The number of ether oxygens (including phenoxy) is 1. The zero-order valence-electron chi connectivity index (χ0n) is 14.9. The van der Waals surface area contributed by atoms with Crippen LogP contribution in [0.15, 0.2) is 71.5 Å². The topological polar surface area (TPSA) is 78.0 Å². The van der Waals surface area contributed by atoms with E-state index < -0.39 is 0 Å². The third-order valence-electron chi connectivity index (χ3n) is 4.07. The first-order chi connectivity index (χ1) is 13.3. The minimum atomic E-state index is 0.364. The minimum absolute atomic E-state index is 0.364. The van der Waals surface area contributed by atoms with Crippen molar-refractivity contribution >= 4 is 6.01 Å². The normalized spacial score (nSPS) is 10.7. The zero-order valence-corrected chi connectivity index (χ0v) is 14.9. The number of anilines is 1. The van der Waals surface area contributed by atoms with Crippen molar-refractivity contribution in [3.8, 4) is 17.1 Å². The summed E-state index contributed by atoms with van der Waals surface area (Å²) in [7, 11) is 1.63. The van der Waals surface area contributed by atoms with Gasteiger partial charge >= 0.3 is 6.01 Å². The molecule has 27 heavy (non-hydrogen) atoms. The van der Waals surface area contributed by atoms with Gasteiger partial charge in [0.2, 0.25) is 5.82 Å². The van der Waals surface area contributed by atoms with Gasteiger partial charge in [-0.2, -0.15) is 10.1 Å². The number of benzene rings is 2. The van der Waals surface area contributed by atoms with Gasteiger partial charge in [0.05, 0.1) is 19.9 Å². The largest absolute Gasteiger partial charge is 0.497 e. The molecular formula is C20H19N5O2. The second-order valence-electron chi connectivity index (χ2n) is 6.04. The second-order valence-corrected chi connectivity index (χ2v) is 6.04. The molecule has 0 aliphatic carbocycles. The lowest BCUT2D eigenvalue weighted by atomic mass is 10.2. The summed E-state index contributed by atoms with van der Waals surface area (Å²) in [6.07, 6.45) is 3.83. The molecule has 2 heterocycles. The van der Waals surface area contributed by atoms with Crippen LogP contribution in [0.1, 0.15) is 11.1 Å². The van der Waals surface area contributed by atoms with E-state index in [4.69, 9.17) is 9.26 Å². The van der Waals surface area contributed by atoms with Gasteiger partial charge in [-0.25, -0.2) is 0 Å². The Labute approximate surface area is 156 Å². The van der Waals surface area contributed by atoms with Crippen LogP contribution in [0.4, 0.5) is 6.01 Å². The molecule has 136 valence electrons. The van der Waals surface area contributed by atoms with Crippen molar-refractivity contribution in [2.75, 3.05) is 12.4 Å². The van der Waals surface area contributed by atoms with Gasteiger partial charge < -0.3 is 14.6 Å². The molecule has 0 saturated carbocycles. The molecule has 4 rings (SSSR count). The molecule has 1 N–H and O–H groups in total. The maximum atomic E-state index is 5.28. The Hall–Kier alpha value is -3.61. The highest BCUT2D eigenvalue weighted by atomic mass is 16.5. The molecule has 0 fully saturated rings. The van der Waals surface area contributed by atoms with Crippen molar-refractivity contribution < 1.29 is 9.26 Å². The molecule has 7 nitrogen and oxygen atoms in total. The van der Waals surface area contributed by atoms with Crippen molar-refractivity contribution in [2.45, 2.75) is 13.1 Å². The molecule has 0 radical (unpaired) electrons. The van der Waals surface area contributed by atoms with E-state index in [9.17, 15) is 0 Å². The highest BCUT2D eigenvalue weighted by Crippen LogP contribution is 2.22. The van der Waals surface area contributed by atoms with Crippen molar-refractivity contribution in [3.05, 3.63) is 78.1 Å². The summed E-state index contributed by atoms with van der Waals surface area (Å²) in [6.45, 7) is 1.29. The lowest BCUT2D eigenvalue weighted by molar-refractivity contribution is 0.414. The SMILES string of the molecule is COc1cccc(-c2noc(NCc3cnn(Cc4ccccc4)c3)n2)c1. The Bertz CT molecular complexity index is 1010. The van der Waals surface area contributed by atoms with Crippen LogP contribution in [0, 0.1) is 0 Å². The van der Waals surface area contributed by atoms with E-state index in [0.29, 0.717) is 18.4 Å². The van der Waals surface area contributed by atoms with Crippen LogP contribution in [-0.2, 0) is 13.1 Å². The zero-order chi connectivity index (χ0) is 18.5. The van der Waals surface area contributed by atoms with Crippen LogP contribution in [0.5, 0.6) is 5.75 Å². The molecule has 4 aromatic rings. The molecule has 0 aliphatic heterocycles. The maximum Gasteiger partial charge on any atom is 0.322 e. The average molecular weight is 361 g/mol. The fourth-order valence-corrected chi connectivity index (χ4v) is 2.71. The Morgan fingerprint density at radius 2 is 1.96 bits per heavy atom. The Kier molecular flexibility index (Phi) is 4.82. The molecule has 0 atom stereocenters. The minimum Gasteiger partial charge on any atom is -0.497 e. The van der Waals surface area contributed by atoms with Gasteiger partial charge in [0.1, 0.15) is 5.75 Å². The van der Waals surface area contributed by atoms with Crippen molar-refractivity contribution in [1.82, 2.24) is 19.9 Å². The highest BCUT2D eigenvalue weighted by Gasteiger charge is 2.09. The highest BCUT2D eigenvalue weighted by molar-refractivity contribution is 5.57. The molecule has 0 saturated heterocycles. The second kappa shape index (κ2) is 7.74. The van der Waals surface area contributed by atoms with Crippen molar-refractivity contribution in [1.29, 1.82) is 0 Å². The van der Waals surface area contributed by atoms with Crippen LogP contribution >= 0.6 is 0 Å². The van der Waals surface area contributed by atoms with Crippen molar-refractivity contribution in [2.24, 2.45) is 0 Å². The summed E-state index contributed by atoms with van der Waals surface area (Å²) in [5.74, 6) is 1.26. The monoisotopic (exact) mass is 361 g/mol. The lowest BCUT2D eigenvalue weighted by Crippen LogP contribution is -2.00. The molecule has 0 spiro atoms. The molecule has 7 heteroatoms. The first-order valence-electron chi connectivity index (χ1n) is 8.57. The number of nitrogens with zero attached hydrogens (tertiary/aromatic N) is 4. The quantitative estimate of drug-likeness (QED) is 0.542. The van der Waals surface area contributed by atoms with Crippen molar-refractivity contribution in [3.63, 3.8) is 0 Å². The van der Waals surface area contributed by atoms with E-state index in [1.54, 1.807) is 7.11 Å². The van der Waals surface area contributed by atoms with Gasteiger partial charge in [-0.1, -0.05) is 47.6 Å². The van der Waals surface area contributed by atoms with Gasteiger partial charge in [-0.3, -0.25) is 4.68 Å². The van der Waals surface area contributed by atoms with Crippen LogP contribution in [0.3, 0.4) is 0 Å². The number of methoxy groups -OCH3 is 1. The van der Waals surface area contributed by atoms with Gasteiger partial charge in [-0.15, -0.1) is 0 Å². The predicted molar refractivity (Wildman–Crippen MR) is 101 cm³/mol. The van der Waals surface area contributed by atoms with E-state index >= 15 is 0 Å². The smallest absolute Gasteiger partial charge is 0.322 e. The fraction of sp³-hybridized carbons (Fsp3) is 0.150. The van der Waals surface area contributed by atoms with E-state index in [0.717, 1.165) is 23.4 Å². The number of hydrogen-bond donors (Lipinski definition) is 1. The van der Waals surface area contributed by atoms with E-state index in [1.807, 2.05) is 59.5 Å². The molecule has 0 aliphatic rings. The summed E-state index contributed by atoms with van der Waals surface area (Å²) in [5, 5.41) is 11.5. The first kappa shape index (κ1) is 16.8. The fourth-order valence-electron chi connectivity index (χ4n) is 2.71. The van der Waals surface area contributed by atoms with E-state index in [2.05, 4.69) is 32.7 Å². The van der Waals surface area contributed by atoms with Crippen LogP contribution in [-0.4, -0.2) is 27.0 Å². The molecule has 2 aromatic carbocycles. The molecule has 0 amide bonds. The number of hydrogen-bond acceptors (Lipinski definition) is 6. The Balaban J connectivity index is 1.37. The van der Waals surface area contributed by atoms with E-state index in [1.165, 1.54) is 5.56 Å². The summed E-state index contributed by atoms with van der Waals surface area (Å²) < 4.78 is 12.4. The summed E-state index contributed by atoms with van der Waals surface area (Å²) in [4.78, 5) is 4.37. The first-order valence-corrected chi connectivity index (χ1v) is 8.57. The van der Waals surface area contributed by atoms with Crippen LogP contribution in [0.2, 0.25) is 0 Å². The Morgan fingerprint density at radius 3 is 2.81 bits per heavy atom. The van der Waals surface area contributed by atoms with Crippen LogP contribution in [0.25, 0.3) is 11.4 Å². The predicted octanol–water partition coefficient (Wildman–Crippen LogP) is 3.60. The summed E-state index contributed by atoms with van der Waals surface area (Å²) in [5.41, 5.74) is 3.08. The molecule has 2 aromatic heterocycles. The van der Waals surface area contributed by atoms with Gasteiger partial charge in [0.25, 0.3) is 0 Å².